The van der Waals surface area contributed by atoms with Crippen LogP contribution in [0.2, 0.25) is 0 Å². The lowest BCUT2D eigenvalue weighted by Gasteiger charge is -2.07. The van der Waals surface area contributed by atoms with Gasteiger partial charge in [-0.15, -0.1) is 0 Å². The van der Waals surface area contributed by atoms with Crippen molar-refractivity contribution in [3.8, 4) is 22.9 Å². The zero-order valence-corrected chi connectivity index (χ0v) is 11.9. The Morgan fingerprint density at radius 3 is 2.45 bits per heavy atom. The van der Waals surface area contributed by atoms with Gasteiger partial charge in [-0.1, -0.05) is 42.5 Å². The molecule has 3 N–H and O–H groups in total. The SMILES string of the molecule is N#Cc1c(-c2ccc(OCc3ccccc3)cc2)c[nH]c1N. The van der Waals surface area contributed by atoms with Gasteiger partial charge in [0.05, 0.1) is 0 Å². The van der Waals surface area contributed by atoms with Crippen LogP contribution in [0.15, 0.2) is 60.8 Å². The summed E-state index contributed by atoms with van der Waals surface area (Å²) >= 11 is 0. The van der Waals surface area contributed by atoms with Crippen LogP contribution in [0.1, 0.15) is 11.1 Å². The summed E-state index contributed by atoms with van der Waals surface area (Å²) in [7, 11) is 0. The average Bonchev–Trinajstić information content (AvgIpc) is 2.95. The highest BCUT2D eigenvalue weighted by Gasteiger charge is 2.10. The molecule has 0 unspecified atom stereocenters. The summed E-state index contributed by atoms with van der Waals surface area (Å²) in [5.41, 5.74) is 9.05. The van der Waals surface area contributed by atoms with Gasteiger partial charge < -0.3 is 15.5 Å². The van der Waals surface area contributed by atoms with Crippen molar-refractivity contribution in [3.63, 3.8) is 0 Å². The number of H-pyrrole nitrogens is 1. The van der Waals surface area contributed by atoms with Gasteiger partial charge in [0.15, 0.2) is 0 Å². The summed E-state index contributed by atoms with van der Waals surface area (Å²) in [4.78, 5) is 2.87. The van der Waals surface area contributed by atoms with Gasteiger partial charge in [0, 0.05) is 11.8 Å². The van der Waals surface area contributed by atoms with Gasteiger partial charge in [-0.25, -0.2) is 0 Å². The van der Waals surface area contributed by atoms with Crippen LogP contribution in [-0.4, -0.2) is 4.98 Å². The van der Waals surface area contributed by atoms with Crippen molar-refractivity contribution in [2.45, 2.75) is 6.61 Å². The van der Waals surface area contributed by atoms with E-state index in [1.54, 1.807) is 6.20 Å². The van der Waals surface area contributed by atoms with Crippen molar-refractivity contribution in [2.24, 2.45) is 0 Å². The van der Waals surface area contributed by atoms with Crippen LogP contribution >= 0.6 is 0 Å². The molecule has 3 aromatic rings. The van der Waals surface area contributed by atoms with Gasteiger partial charge in [-0.05, 0) is 23.3 Å². The Kier molecular flexibility index (Phi) is 3.80. The van der Waals surface area contributed by atoms with E-state index in [-0.39, 0.29) is 0 Å². The molecule has 0 saturated heterocycles. The van der Waals surface area contributed by atoms with Crippen LogP contribution in [0.5, 0.6) is 5.75 Å². The maximum atomic E-state index is 9.14. The number of nitrogens with one attached hydrogen (secondary N) is 1. The Morgan fingerprint density at radius 1 is 1.05 bits per heavy atom. The fourth-order valence-corrected chi connectivity index (χ4v) is 2.26. The highest BCUT2D eigenvalue weighted by molar-refractivity contribution is 5.76. The third kappa shape index (κ3) is 2.79. The lowest BCUT2D eigenvalue weighted by Crippen LogP contribution is -1.94. The Bertz CT molecular complexity index is 799. The number of anilines is 1. The molecule has 108 valence electrons. The smallest absolute Gasteiger partial charge is 0.119 e. The van der Waals surface area contributed by atoms with Crippen LogP contribution in [0, 0.1) is 11.3 Å². The standard InChI is InChI=1S/C18H15N3O/c19-10-16-17(11-21-18(16)20)14-6-8-15(9-7-14)22-12-13-4-2-1-3-5-13/h1-9,11,21H,12,20H2. The molecule has 0 bridgehead atoms. The van der Waals surface area contributed by atoms with Gasteiger partial charge in [-0.2, -0.15) is 5.26 Å². The quantitative estimate of drug-likeness (QED) is 0.768. The van der Waals surface area contributed by atoms with Crippen molar-refractivity contribution in [2.75, 3.05) is 5.73 Å². The molecule has 0 aliphatic carbocycles. The van der Waals surface area contributed by atoms with E-state index in [4.69, 9.17) is 15.7 Å². The zero-order chi connectivity index (χ0) is 15.4. The van der Waals surface area contributed by atoms with Crippen LogP contribution in [0.4, 0.5) is 5.82 Å². The first kappa shape index (κ1) is 13.8. The van der Waals surface area contributed by atoms with Crippen LogP contribution < -0.4 is 10.5 Å². The van der Waals surface area contributed by atoms with Crippen LogP contribution in [-0.2, 0) is 6.61 Å². The molecule has 0 spiro atoms. The van der Waals surface area contributed by atoms with E-state index >= 15 is 0 Å². The maximum absolute atomic E-state index is 9.14. The number of nitrogen functional groups attached to an aromatic ring is 1. The molecular weight excluding hydrogens is 274 g/mol. The summed E-state index contributed by atoms with van der Waals surface area (Å²) in [6, 6.07) is 19.7. The monoisotopic (exact) mass is 289 g/mol. The van der Waals surface area contributed by atoms with Crippen molar-refractivity contribution in [1.29, 1.82) is 5.26 Å². The summed E-state index contributed by atoms with van der Waals surface area (Å²) in [6.07, 6.45) is 1.74. The van der Waals surface area contributed by atoms with Gasteiger partial charge in [-0.3, -0.25) is 0 Å². The molecule has 0 aliphatic heterocycles. The summed E-state index contributed by atoms with van der Waals surface area (Å²) in [6.45, 7) is 0.529. The van der Waals surface area contributed by atoms with Gasteiger partial charge >= 0.3 is 0 Å². The van der Waals surface area contributed by atoms with Gasteiger partial charge in [0.25, 0.3) is 0 Å². The third-order valence-corrected chi connectivity index (χ3v) is 3.44. The normalized spacial score (nSPS) is 10.1. The molecule has 4 heteroatoms. The molecule has 2 aromatic carbocycles. The maximum Gasteiger partial charge on any atom is 0.119 e. The molecule has 0 radical (unpaired) electrons. The molecule has 1 heterocycles. The van der Waals surface area contributed by atoms with E-state index in [2.05, 4.69) is 11.1 Å². The minimum absolute atomic E-state index is 0.391. The molecule has 0 saturated carbocycles. The zero-order valence-electron chi connectivity index (χ0n) is 11.9. The summed E-state index contributed by atoms with van der Waals surface area (Å²) in [5, 5.41) is 9.14. The van der Waals surface area contributed by atoms with Crippen molar-refractivity contribution in [3.05, 3.63) is 71.9 Å². The topological polar surface area (TPSA) is 74.8 Å². The second kappa shape index (κ2) is 6.06. The number of ether oxygens (including phenoxy) is 1. The number of aromatic amines is 1. The number of nitriles is 1. The molecule has 1 aromatic heterocycles. The first-order valence-electron chi connectivity index (χ1n) is 6.92. The first-order valence-corrected chi connectivity index (χ1v) is 6.92. The van der Waals surface area contributed by atoms with E-state index < -0.39 is 0 Å². The van der Waals surface area contributed by atoms with Gasteiger partial charge in [0.1, 0.15) is 29.8 Å². The molecule has 0 fully saturated rings. The number of nitrogens with two attached hydrogens (primary N) is 1. The first-order chi connectivity index (χ1) is 10.8. The largest absolute Gasteiger partial charge is 0.489 e. The Hall–Kier alpha value is -3.19. The second-order valence-corrected chi connectivity index (χ2v) is 4.90. The van der Waals surface area contributed by atoms with Crippen LogP contribution in [0.25, 0.3) is 11.1 Å². The molecule has 22 heavy (non-hydrogen) atoms. The lowest BCUT2D eigenvalue weighted by atomic mass is 10.0. The number of aromatic nitrogens is 1. The Morgan fingerprint density at radius 2 is 1.77 bits per heavy atom. The predicted octanol–water partition coefficient (Wildman–Crippen LogP) is 3.71. The summed E-state index contributed by atoms with van der Waals surface area (Å²) in [5.74, 6) is 1.18. The minimum atomic E-state index is 0.391. The van der Waals surface area contributed by atoms with Crippen LogP contribution in [0.3, 0.4) is 0 Å². The number of nitrogens with zero attached hydrogens (tertiary/aromatic N) is 1. The fraction of sp³-hybridized carbons (Fsp3) is 0.0556. The number of benzene rings is 2. The van der Waals surface area contributed by atoms with E-state index in [9.17, 15) is 0 Å². The molecule has 3 rings (SSSR count). The minimum Gasteiger partial charge on any atom is -0.489 e. The second-order valence-electron chi connectivity index (χ2n) is 4.90. The number of hydrogen-bond acceptors (Lipinski definition) is 3. The van der Waals surface area contributed by atoms with Crippen molar-refractivity contribution >= 4 is 5.82 Å². The Labute approximate surface area is 128 Å². The molecular formula is C18H15N3O. The molecule has 0 atom stereocenters. The van der Waals surface area contributed by atoms with Gasteiger partial charge in [0.2, 0.25) is 0 Å². The molecule has 0 aliphatic rings. The highest BCUT2D eigenvalue weighted by Crippen LogP contribution is 2.28. The third-order valence-electron chi connectivity index (χ3n) is 3.44. The average molecular weight is 289 g/mol. The van der Waals surface area contributed by atoms with E-state index in [0.29, 0.717) is 18.0 Å². The number of rotatable bonds is 4. The predicted molar refractivity (Wildman–Crippen MR) is 86.1 cm³/mol. The van der Waals surface area contributed by atoms with Crippen molar-refractivity contribution in [1.82, 2.24) is 4.98 Å². The highest BCUT2D eigenvalue weighted by atomic mass is 16.5. The summed E-state index contributed by atoms with van der Waals surface area (Å²) < 4.78 is 5.75. The van der Waals surface area contributed by atoms with E-state index in [1.165, 1.54) is 0 Å². The molecule has 4 nitrogen and oxygen atoms in total. The Balaban J connectivity index is 1.74. The fourth-order valence-electron chi connectivity index (χ4n) is 2.26. The lowest BCUT2D eigenvalue weighted by molar-refractivity contribution is 0.306. The number of hydrogen-bond donors (Lipinski definition) is 2. The molecule has 0 amide bonds. The van der Waals surface area contributed by atoms with E-state index in [1.807, 2.05) is 54.6 Å². The van der Waals surface area contributed by atoms with Crippen molar-refractivity contribution < 1.29 is 4.74 Å². The van der Waals surface area contributed by atoms with E-state index in [0.717, 1.165) is 22.4 Å².